The first-order valence-corrected chi connectivity index (χ1v) is 15.1. The number of carbonyl (C=O) groups is 1. The van der Waals surface area contributed by atoms with E-state index in [0.29, 0.717) is 32.2 Å². The molecule has 1 aromatic heterocycles. The van der Waals surface area contributed by atoms with Gasteiger partial charge in [0.15, 0.2) is 0 Å². The number of fused-ring (bicyclic) bond motifs is 1. The van der Waals surface area contributed by atoms with E-state index in [0.717, 1.165) is 49.1 Å². The number of likely N-dealkylation sites (N-methyl/N-ethyl adjacent to an activating group) is 1. The van der Waals surface area contributed by atoms with Gasteiger partial charge in [-0.3, -0.25) is 9.69 Å². The first kappa shape index (κ1) is 27.0. The van der Waals surface area contributed by atoms with Crippen LogP contribution in [0.4, 0.5) is 10.2 Å². The lowest BCUT2D eigenvalue weighted by Crippen LogP contribution is -2.51. The van der Waals surface area contributed by atoms with E-state index in [4.69, 9.17) is 4.98 Å². The lowest BCUT2D eigenvalue weighted by molar-refractivity contribution is -0.130. The van der Waals surface area contributed by atoms with Crippen LogP contribution in [0, 0.1) is 5.82 Å². The van der Waals surface area contributed by atoms with Crippen LogP contribution < -0.4 is 9.62 Å². The van der Waals surface area contributed by atoms with Gasteiger partial charge in [0.05, 0.1) is 12.8 Å². The van der Waals surface area contributed by atoms with Crippen molar-refractivity contribution in [2.45, 2.75) is 30.8 Å². The number of amides is 1. The molecule has 1 amide bonds. The number of carbonyl (C=O) groups excluding carboxylic acids is 1. The van der Waals surface area contributed by atoms with Crippen molar-refractivity contribution in [1.82, 2.24) is 24.4 Å². The molecule has 1 N–H and O–H groups in total. The SMILES string of the molecule is CN(C)[C@@H]1CN(C2CCc3cccc(F)c32)C[C@H]1c1ccc(N2CCN(C(=O)CNS(C)(=O)=O)CC2)nc1. The molecule has 0 spiro atoms. The Kier molecular flexibility index (Phi) is 7.72. The summed E-state index contributed by atoms with van der Waals surface area (Å²) in [7, 11) is 0.823. The van der Waals surface area contributed by atoms with Crippen LogP contribution >= 0.6 is 0 Å². The van der Waals surface area contributed by atoms with Gasteiger partial charge in [0, 0.05) is 69.0 Å². The summed E-state index contributed by atoms with van der Waals surface area (Å²) in [5, 5.41) is 0. The third-order valence-electron chi connectivity index (χ3n) is 8.23. The molecule has 0 radical (unpaired) electrons. The van der Waals surface area contributed by atoms with Crippen molar-refractivity contribution in [2.75, 3.05) is 71.1 Å². The van der Waals surface area contributed by atoms with E-state index in [-0.39, 0.29) is 30.2 Å². The van der Waals surface area contributed by atoms with Gasteiger partial charge in [-0.05, 0) is 50.2 Å². The highest BCUT2D eigenvalue weighted by molar-refractivity contribution is 7.88. The summed E-state index contributed by atoms with van der Waals surface area (Å²) in [5.74, 6) is 0.843. The molecule has 2 fully saturated rings. The number of likely N-dealkylation sites (tertiary alicyclic amines) is 1. The van der Waals surface area contributed by atoms with E-state index in [1.165, 1.54) is 5.56 Å². The second-order valence-corrected chi connectivity index (χ2v) is 12.7. The molecule has 0 bridgehead atoms. The van der Waals surface area contributed by atoms with Crippen LogP contribution in [0.3, 0.4) is 0 Å². The third kappa shape index (κ3) is 5.70. The largest absolute Gasteiger partial charge is 0.353 e. The smallest absolute Gasteiger partial charge is 0.237 e. The molecule has 38 heavy (non-hydrogen) atoms. The molecule has 1 unspecified atom stereocenters. The fourth-order valence-electron chi connectivity index (χ4n) is 6.19. The molecular formula is C27H37FN6O3S. The number of rotatable bonds is 7. The molecule has 1 aromatic carbocycles. The number of anilines is 1. The van der Waals surface area contributed by atoms with Crippen molar-refractivity contribution in [3.63, 3.8) is 0 Å². The summed E-state index contributed by atoms with van der Waals surface area (Å²) in [4.78, 5) is 25.7. The van der Waals surface area contributed by atoms with Crippen LogP contribution in [0.1, 0.15) is 35.1 Å². The van der Waals surface area contributed by atoms with Crippen molar-refractivity contribution >= 4 is 21.7 Å². The molecule has 2 aliphatic heterocycles. The van der Waals surface area contributed by atoms with Crippen LogP contribution in [-0.2, 0) is 21.2 Å². The Morgan fingerprint density at radius 3 is 2.55 bits per heavy atom. The van der Waals surface area contributed by atoms with Crippen molar-refractivity contribution < 1.29 is 17.6 Å². The Morgan fingerprint density at radius 1 is 1.13 bits per heavy atom. The summed E-state index contributed by atoms with van der Waals surface area (Å²) in [5.41, 5.74) is 3.20. The number of hydrogen-bond donors (Lipinski definition) is 1. The van der Waals surface area contributed by atoms with Crippen LogP contribution in [0.5, 0.6) is 0 Å². The summed E-state index contributed by atoms with van der Waals surface area (Å²) in [6, 6.07) is 10.1. The van der Waals surface area contributed by atoms with Crippen LogP contribution in [-0.4, -0.2) is 106 Å². The van der Waals surface area contributed by atoms with Crippen molar-refractivity contribution in [1.29, 1.82) is 0 Å². The van der Waals surface area contributed by atoms with Crippen LogP contribution in [0.15, 0.2) is 36.5 Å². The zero-order valence-electron chi connectivity index (χ0n) is 22.3. The summed E-state index contributed by atoms with van der Waals surface area (Å²) < 4.78 is 39.5. The van der Waals surface area contributed by atoms with E-state index in [9.17, 15) is 17.6 Å². The molecule has 3 atom stereocenters. The Hall–Kier alpha value is -2.60. The number of nitrogens with zero attached hydrogens (tertiary/aromatic N) is 5. The maximum atomic E-state index is 14.7. The summed E-state index contributed by atoms with van der Waals surface area (Å²) in [6.45, 7) is 3.87. The minimum absolute atomic E-state index is 0.0886. The molecule has 1 aliphatic carbocycles. The van der Waals surface area contributed by atoms with Gasteiger partial charge in [-0.2, -0.15) is 0 Å². The minimum atomic E-state index is -3.40. The Morgan fingerprint density at radius 2 is 1.89 bits per heavy atom. The van der Waals surface area contributed by atoms with Gasteiger partial charge in [-0.15, -0.1) is 0 Å². The molecule has 206 valence electrons. The zero-order valence-corrected chi connectivity index (χ0v) is 23.1. The van der Waals surface area contributed by atoms with Crippen molar-refractivity contribution in [3.8, 4) is 0 Å². The highest BCUT2D eigenvalue weighted by Gasteiger charge is 2.41. The normalized spacial score (nSPS) is 24.3. The zero-order chi connectivity index (χ0) is 27.0. The highest BCUT2D eigenvalue weighted by Crippen LogP contribution is 2.42. The first-order chi connectivity index (χ1) is 18.1. The predicted octanol–water partition coefficient (Wildman–Crippen LogP) is 1.44. The maximum absolute atomic E-state index is 14.7. The average molecular weight is 545 g/mol. The Labute approximate surface area is 224 Å². The number of hydrogen-bond acceptors (Lipinski definition) is 7. The number of nitrogens with one attached hydrogen (secondary N) is 1. The highest BCUT2D eigenvalue weighted by atomic mass is 32.2. The number of halogens is 1. The number of sulfonamides is 1. The Bertz CT molecular complexity index is 1260. The number of piperazine rings is 1. The molecule has 2 saturated heterocycles. The van der Waals surface area contributed by atoms with E-state index in [1.807, 2.05) is 12.3 Å². The summed E-state index contributed by atoms with van der Waals surface area (Å²) >= 11 is 0. The number of benzene rings is 1. The van der Waals surface area contributed by atoms with Gasteiger partial charge in [-0.25, -0.2) is 22.5 Å². The van der Waals surface area contributed by atoms with Gasteiger partial charge >= 0.3 is 0 Å². The lowest BCUT2D eigenvalue weighted by atomic mass is 9.95. The minimum Gasteiger partial charge on any atom is -0.353 e. The van der Waals surface area contributed by atoms with E-state index in [1.54, 1.807) is 11.0 Å². The molecule has 9 nitrogen and oxygen atoms in total. The van der Waals surface area contributed by atoms with Crippen LogP contribution in [0.2, 0.25) is 0 Å². The van der Waals surface area contributed by atoms with Crippen molar-refractivity contribution in [3.05, 3.63) is 59.0 Å². The number of pyridine rings is 1. The molecule has 2 aromatic rings. The molecular weight excluding hydrogens is 507 g/mol. The lowest BCUT2D eigenvalue weighted by Gasteiger charge is -2.35. The van der Waals surface area contributed by atoms with Gasteiger partial charge < -0.3 is 14.7 Å². The fourth-order valence-corrected chi connectivity index (χ4v) is 6.58. The third-order valence-corrected chi connectivity index (χ3v) is 8.89. The molecule has 3 heterocycles. The standard InChI is InChI=1S/C27H37FN6O3S/c1-31(2)24-18-34(23-9-7-19-5-4-6-22(28)27(19)23)17-21(24)20-8-10-25(29-15-20)32-11-13-33(14-12-32)26(35)16-30-38(3,36)37/h4-6,8,10,15,21,23-24,30H,7,9,11-14,16-18H2,1-3H3/t21-,23?,24+/m0/s1. The average Bonchev–Trinajstić information content (AvgIpc) is 3.53. The van der Waals surface area contributed by atoms with E-state index < -0.39 is 10.0 Å². The van der Waals surface area contributed by atoms with E-state index in [2.05, 4.69) is 51.7 Å². The maximum Gasteiger partial charge on any atom is 0.237 e. The fraction of sp³-hybridized carbons (Fsp3) is 0.556. The predicted molar refractivity (Wildman–Crippen MR) is 145 cm³/mol. The van der Waals surface area contributed by atoms with Gasteiger partial charge in [0.1, 0.15) is 11.6 Å². The number of aryl methyl sites for hydroxylation is 1. The monoisotopic (exact) mass is 544 g/mol. The molecule has 11 heteroatoms. The van der Waals surface area contributed by atoms with Gasteiger partial charge in [0.25, 0.3) is 0 Å². The van der Waals surface area contributed by atoms with Gasteiger partial charge in [0.2, 0.25) is 15.9 Å². The number of aromatic nitrogens is 1. The molecule has 0 saturated carbocycles. The van der Waals surface area contributed by atoms with Gasteiger partial charge in [-0.1, -0.05) is 18.2 Å². The second-order valence-electron chi connectivity index (χ2n) is 10.9. The molecule has 3 aliphatic rings. The second kappa shape index (κ2) is 10.9. The van der Waals surface area contributed by atoms with Crippen LogP contribution in [0.25, 0.3) is 0 Å². The first-order valence-electron chi connectivity index (χ1n) is 13.2. The molecule has 5 rings (SSSR count). The quantitative estimate of drug-likeness (QED) is 0.564. The Balaban J connectivity index is 1.23. The van der Waals surface area contributed by atoms with E-state index >= 15 is 0 Å². The van der Waals surface area contributed by atoms with Crippen molar-refractivity contribution in [2.24, 2.45) is 0 Å². The topological polar surface area (TPSA) is 89.1 Å². The summed E-state index contributed by atoms with van der Waals surface area (Å²) in [6.07, 6.45) is 4.90.